The van der Waals surface area contributed by atoms with Gasteiger partial charge in [0.05, 0.1) is 10.6 Å². The minimum atomic E-state index is -0.190. The van der Waals surface area contributed by atoms with Gasteiger partial charge in [-0.2, -0.15) is 0 Å². The van der Waals surface area contributed by atoms with Gasteiger partial charge in [-0.1, -0.05) is 13.0 Å². The lowest BCUT2D eigenvalue weighted by Crippen LogP contribution is -2.21. The fraction of sp³-hybridized carbons (Fsp3) is 0.625. The van der Waals surface area contributed by atoms with E-state index in [9.17, 15) is 4.39 Å². The summed E-state index contributed by atoms with van der Waals surface area (Å²) in [4.78, 5) is 0. The molecule has 20 heavy (non-hydrogen) atoms. The maximum atomic E-state index is 13.7. The van der Waals surface area contributed by atoms with E-state index in [2.05, 4.69) is 28.2 Å². The van der Waals surface area contributed by atoms with Crippen molar-refractivity contribution in [2.24, 2.45) is 0 Å². The molecule has 0 radical (unpaired) electrons. The Balaban J connectivity index is 1.89. The second-order valence-corrected chi connectivity index (χ2v) is 6.20. The molecule has 1 aliphatic heterocycles. The van der Waals surface area contributed by atoms with Gasteiger partial charge in [-0.05, 0) is 72.3 Å². The Bertz CT molecular complexity index is 421. The van der Waals surface area contributed by atoms with Crippen LogP contribution in [-0.2, 0) is 4.74 Å². The first kappa shape index (κ1) is 15.9. The highest BCUT2D eigenvalue weighted by molar-refractivity contribution is 9.10. The van der Waals surface area contributed by atoms with Gasteiger partial charge in [-0.15, -0.1) is 0 Å². The molecule has 2 unspecified atom stereocenters. The molecule has 0 aromatic heterocycles. The first-order valence-corrected chi connectivity index (χ1v) is 8.30. The molecule has 0 spiro atoms. The normalized spacial score (nSPS) is 20.2. The van der Waals surface area contributed by atoms with Crippen LogP contribution in [0.4, 0.5) is 4.39 Å². The van der Waals surface area contributed by atoms with Crippen LogP contribution in [0.5, 0.6) is 0 Å². The second kappa shape index (κ2) is 8.11. The topological polar surface area (TPSA) is 21.3 Å². The molecule has 0 aliphatic carbocycles. The van der Waals surface area contributed by atoms with E-state index in [1.54, 1.807) is 12.1 Å². The number of hydrogen-bond acceptors (Lipinski definition) is 2. The van der Waals surface area contributed by atoms with Crippen LogP contribution in [0, 0.1) is 5.82 Å². The van der Waals surface area contributed by atoms with Crippen LogP contribution in [0.1, 0.15) is 50.6 Å². The lowest BCUT2D eigenvalue weighted by molar-refractivity contribution is 0.101. The van der Waals surface area contributed by atoms with Gasteiger partial charge in [0.25, 0.3) is 0 Å². The first-order valence-electron chi connectivity index (χ1n) is 7.50. The molecule has 1 fully saturated rings. The summed E-state index contributed by atoms with van der Waals surface area (Å²) < 4.78 is 19.8. The molecule has 1 aromatic rings. The summed E-state index contributed by atoms with van der Waals surface area (Å²) in [5, 5.41) is 3.45. The van der Waals surface area contributed by atoms with Crippen LogP contribution in [0.3, 0.4) is 0 Å². The maximum Gasteiger partial charge on any atom is 0.137 e. The quantitative estimate of drug-likeness (QED) is 0.781. The van der Waals surface area contributed by atoms with Crippen molar-refractivity contribution in [1.82, 2.24) is 5.32 Å². The Morgan fingerprint density at radius 2 is 2.35 bits per heavy atom. The van der Waals surface area contributed by atoms with Crippen LogP contribution in [0.2, 0.25) is 0 Å². The van der Waals surface area contributed by atoms with Crippen molar-refractivity contribution >= 4 is 15.9 Å². The predicted molar refractivity (Wildman–Crippen MR) is 83.3 cm³/mol. The van der Waals surface area contributed by atoms with Crippen LogP contribution in [0.25, 0.3) is 0 Å². The number of ether oxygens (including phenoxy) is 1. The zero-order chi connectivity index (χ0) is 14.4. The zero-order valence-corrected chi connectivity index (χ0v) is 13.6. The third kappa shape index (κ3) is 4.54. The molecular weight excluding hydrogens is 321 g/mol. The minimum absolute atomic E-state index is 0.190. The molecule has 1 heterocycles. The van der Waals surface area contributed by atoms with Gasteiger partial charge in [0.2, 0.25) is 0 Å². The second-order valence-electron chi connectivity index (χ2n) is 5.35. The molecule has 0 bridgehead atoms. The van der Waals surface area contributed by atoms with Gasteiger partial charge in [-0.3, -0.25) is 0 Å². The Labute approximate surface area is 129 Å². The van der Waals surface area contributed by atoms with Crippen molar-refractivity contribution in [1.29, 1.82) is 0 Å². The van der Waals surface area contributed by atoms with Gasteiger partial charge in [-0.25, -0.2) is 4.39 Å². The molecule has 2 nitrogen and oxygen atoms in total. The number of nitrogens with one attached hydrogen (secondary N) is 1. The van der Waals surface area contributed by atoms with Crippen molar-refractivity contribution in [3.05, 3.63) is 34.1 Å². The van der Waals surface area contributed by atoms with Crippen molar-refractivity contribution in [3.63, 3.8) is 0 Å². The van der Waals surface area contributed by atoms with E-state index in [0.717, 1.165) is 38.0 Å². The molecule has 1 aliphatic rings. The maximum absolute atomic E-state index is 13.7. The lowest BCUT2D eigenvalue weighted by Gasteiger charge is -2.19. The van der Waals surface area contributed by atoms with Crippen LogP contribution in [-0.4, -0.2) is 19.3 Å². The standard InChI is InChI=1S/C16H23BrFNO/c1-2-19-16(7-3-5-13-6-4-10-20-13)12-8-9-14(17)15(18)11-12/h8-9,11,13,16,19H,2-7,10H2,1H3. The van der Waals surface area contributed by atoms with Crippen molar-refractivity contribution in [3.8, 4) is 0 Å². The third-order valence-corrected chi connectivity index (χ3v) is 4.48. The molecule has 1 N–H and O–H groups in total. The molecule has 1 saturated heterocycles. The van der Waals surface area contributed by atoms with E-state index < -0.39 is 0 Å². The molecule has 0 saturated carbocycles. The Kier molecular flexibility index (Phi) is 6.46. The molecule has 112 valence electrons. The van der Waals surface area contributed by atoms with E-state index in [0.29, 0.717) is 10.6 Å². The first-order chi connectivity index (χ1) is 9.70. The summed E-state index contributed by atoms with van der Waals surface area (Å²) in [5.41, 5.74) is 1.03. The molecule has 4 heteroatoms. The summed E-state index contributed by atoms with van der Waals surface area (Å²) >= 11 is 3.20. The summed E-state index contributed by atoms with van der Waals surface area (Å²) in [6.07, 6.45) is 6.08. The van der Waals surface area contributed by atoms with E-state index in [-0.39, 0.29) is 11.9 Å². The van der Waals surface area contributed by atoms with E-state index in [1.165, 1.54) is 12.8 Å². The predicted octanol–water partition coefficient (Wildman–Crippen LogP) is 4.59. The average molecular weight is 344 g/mol. The Morgan fingerprint density at radius 1 is 1.50 bits per heavy atom. The smallest absolute Gasteiger partial charge is 0.137 e. The minimum Gasteiger partial charge on any atom is -0.378 e. The SMILES string of the molecule is CCNC(CCCC1CCCO1)c1ccc(Br)c(F)c1. The molecule has 1 aromatic carbocycles. The van der Waals surface area contributed by atoms with Crippen molar-refractivity contribution in [2.75, 3.05) is 13.2 Å². The zero-order valence-electron chi connectivity index (χ0n) is 12.0. The largest absolute Gasteiger partial charge is 0.378 e. The highest BCUT2D eigenvalue weighted by Gasteiger charge is 2.17. The molecular formula is C16H23BrFNO. The summed E-state index contributed by atoms with van der Waals surface area (Å²) in [6.45, 7) is 3.89. The number of hydrogen-bond donors (Lipinski definition) is 1. The number of halogens is 2. The summed E-state index contributed by atoms with van der Waals surface area (Å²) in [7, 11) is 0. The highest BCUT2D eigenvalue weighted by atomic mass is 79.9. The summed E-state index contributed by atoms with van der Waals surface area (Å²) in [6, 6.07) is 5.63. The fourth-order valence-electron chi connectivity index (χ4n) is 2.78. The van der Waals surface area contributed by atoms with Crippen molar-refractivity contribution < 1.29 is 9.13 Å². The fourth-order valence-corrected chi connectivity index (χ4v) is 3.03. The number of benzene rings is 1. The Hall–Kier alpha value is -0.450. The monoisotopic (exact) mass is 343 g/mol. The summed E-state index contributed by atoms with van der Waals surface area (Å²) in [5.74, 6) is -0.190. The van der Waals surface area contributed by atoms with Crippen LogP contribution < -0.4 is 5.32 Å². The lowest BCUT2D eigenvalue weighted by atomic mass is 9.99. The third-order valence-electron chi connectivity index (χ3n) is 3.84. The van der Waals surface area contributed by atoms with E-state index >= 15 is 0 Å². The van der Waals surface area contributed by atoms with Crippen molar-refractivity contribution in [2.45, 2.75) is 51.2 Å². The van der Waals surface area contributed by atoms with Gasteiger partial charge in [0, 0.05) is 12.6 Å². The van der Waals surface area contributed by atoms with E-state index in [4.69, 9.17) is 4.74 Å². The van der Waals surface area contributed by atoms with Gasteiger partial charge in [0.1, 0.15) is 5.82 Å². The molecule has 2 atom stereocenters. The highest BCUT2D eigenvalue weighted by Crippen LogP contribution is 2.26. The molecule has 0 amide bonds. The number of rotatable bonds is 7. The average Bonchev–Trinajstić information content (AvgIpc) is 2.94. The van der Waals surface area contributed by atoms with Gasteiger partial charge < -0.3 is 10.1 Å². The van der Waals surface area contributed by atoms with Crippen LogP contribution >= 0.6 is 15.9 Å². The molecule has 2 rings (SSSR count). The van der Waals surface area contributed by atoms with Gasteiger partial charge >= 0.3 is 0 Å². The van der Waals surface area contributed by atoms with E-state index in [1.807, 2.05) is 6.07 Å². The van der Waals surface area contributed by atoms with Gasteiger partial charge in [0.15, 0.2) is 0 Å². The van der Waals surface area contributed by atoms with Crippen LogP contribution in [0.15, 0.2) is 22.7 Å². The Morgan fingerprint density at radius 3 is 3.00 bits per heavy atom.